The van der Waals surface area contributed by atoms with Gasteiger partial charge in [0, 0.05) is 12.3 Å². The fraction of sp³-hybridized carbons (Fsp3) is 1.00. The van der Waals surface area contributed by atoms with Crippen LogP contribution in [0.1, 0.15) is 98.8 Å². The zero-order valence-electron chi connectivity index (χ0n) is 36.8. The Morgan fingerprint density at radius 3 is 1.94 bits per heavy atom. The van der Waals surface area contributed by atoms with Crippen molar-refractivity contribution in [3.8, 4) is 0 Å². The Bertz CT molecular complexity index is 1550. The number of fused-ring (bicyclic) bond motifs is 7. The highest BCUT2D eigenvalue weighted by molar-refractivity contribution is 5.15. The van der Waals surface area contributed by atoms with Gasteiger partial charge in [0.25, 0.3) is 0 Å². The van der Waals surface area contributed by atoms with Crippen LogP contribution in [0.3, 0.4) is 0 Å². The van der Waals surface area contributed by atoms with Crippen molar-refractivity contribution in [1.29, 1.82) is 0 Å². The molecule has 4 aliphatic carbocycles. The maximum Gasteiger partial charge on any atom is 0.187 e. The number of hydrogen-bond donors (Lipinski definition) is 9. The van der Waals surface area contributed by atoms with E-state index in [-0.39, 0.29) is 23.0 Å². The molecule has 9 aliphatic rings. The van der Waals surface area contributed by atoms with Crippen molar-refractivity contribution in [2.75, 3.05) is 19.8 Å². The van der Waals surface area contributed by atoms with Crippen molar-refractivity contribution >= 4 is 0 Å². The van der Waals surface area contributed by atoms with Crippen LogP contribution in [0.15, 0.2) is 0 Å². The monoisotopic (exact) mass is 886 g/mol. The van der Waals surface area contributed by atoms with E-state index < -0.39 is 111 Å². The highest BCUT2D eigenvalue weighted by atomic mass is 16.8. The molecule has 1 spiro atoms. The van der Waals surface area contributed by atoms with Gasteiger partial charge in [-0.3, -0.25) is 0 Å². The van der Waals surface area contributed by atoms with Crippen LogP contribution in [0.2, 0.25) is 0 Å². The fourth-order valence-electron chi connectivity index (χ4n) is 14.6. The maximum absolute atomic E-state index is 12.0. The predicted molar refractivity (Wildman–Crippen MR) is 214 cm³/mol. The van der Waals surface area contributed by atoms with E-state index in [4.69, 9.17) is 37.9 Å². The Hall–Kier alpha value is -0.680. The van der Waals surface area contributed by atoms with Crippen molar-refractivity contribution in [2.24, 2.45) is 52.3 Å². The van der Waals surface area contributed by atoms with Gasteiger partial charge in [-0.05, 0) is 111 Å². The van der Waals surface area contributed by atoms with E-state index in [2.05, 4.69) is 27.7 Å². The first-order valence-corrected chi connectivity index (χ1v) is 23.7. The van der Waals surface area contributed by atoms with Gasteiger partial charge in [0.2, 0.25) is 0 Å². The second-order valence-electron chi connectivity index (χ2n) is 21.5. The van der Waals surface area contributed by atoms with E-state index in [1.165, 1.54) is 19.8 Å². The molecule has 0 amide bonds. The van der Waals surface area contributed by atoms with E-state index in [1.54, 1.807) is 0 Å². The molecule has 0 aromatic heterocycles. The summed E-state index contributed by atoms with van der Waals surface area (Å²) in [5, 5.41) is 95.8. The van der Waals surface area contributed by atoms with Crippen molar-refractivity contribution in [3.63, 3.8) is 0 Å². The molecule has 4 saturated carbocycles. The molecule has 0 radical (unpaired) electrons. The third-order valence-electron chi connectivity index (χ3n) is 18.2. The number of rotatable bonds is 8. The minimum Gasteiger partial charge on any atom is -0.394 e. The van der Waals surface area contributed by atoms with Crippen LogP contribution in [-0.4, -0.2) is 176 Å². The molecule has 17 heteroatoms. The molecule has 9 rings (SSSR count). The molecule has 9 fully saturated rings. The van der Waals surface area contributed by atoms with Gasteiger partial charge in [-0.25, -0.2) is 0 Å². The van der Waals surface area contributed by atoms with Crippen molar-refractivity contribution in [2.45, 2.75) is 209 Å². The Labute approximate surface area is 364 Å². The molecular weight excluding hydrogens is 812 g/mol. The molecule has 0 aromatic rings. The van der Waals surface area contributed by atoms with E-state index in [0.717, 1.165) is 51.6 Å². The van der Waals surface area contributed by atoms with Gasteiger partial charge >= 0.3 is 0 Å². The lowest BCUT2D eigenvalue weighted by atomic mass is 9.44. The lowest BCUT2D eigenvalue weighted by Gasteiger charge is -2.61. The lowest BCUT2D eigenvalue weighted by molar-refractivity contribution is -0.390. The third kappa shape index (κ3) is 7.56. The van der Waals surface area contributed by atoms with E-state index >= 15 is 0 Å². The summed E-state index contributed by atoms with van der Waals surface area (Å²) in [4.78, 5) is 0. The molecule has 5 heterocycles. The summed E-state index contributed by atoms with van der Waals surface area (Å²) in [7, 11) is 0. The average molecular weight is 887 g/mol. The maximum atomic E-state index is 12.0. The molecule has 0 aromatic carbocycles. The Kier molecular flexibility index (Phi) is 13.1. The van der Waals surface area contributed by atoms with Gasteiger partial charge in [0.05, 0.1) is 38.1 Å². The summed E-state index contributed by atoms with van der Waals surface area (Å²) >= 11 is 0. The number of ether oxygens (including phenoxy) is 8. The Balaban J connectivity index is 0.899. The molecule has 0 bridgehead atoms. The molecular formula is C45H74O17. The molecule has 5 aliphatic heterocycles. The zero-order chi connectivity index (χ0) is 44.2. The smallest absolute Gasteiger partial charge is 0.187 e. The molecule has 5 saturated heterocycles. The Morgan fingerprint density at radius 2 is 1.24 bits per heavy atom. The summed E-state index contributed by atoms with van der Waals surface area (Å²) in [5.74, 6) is 3.18. The minimum absolute atomic E-state index is 0.103. The van der Waals surface area contributed by atoms with Crippen LogP contribution >= 0.6 is 0 Å². The normalized spacial score (nSPS) is 58.9. The van der Waals surface area contributed by atoms with Crippen LogP contribution in [-0.2, 0) is 37.9 Å². The van der Waals surface area contributed by atoms with Gasteiger partial charge < -0.3 is 83.9 Å². The number of aliphatic hydroxyl groups is 9. The molecule has 27 atom stereocenters. The highest BCUT2D eigenvalue weighted by Crippen LogP contribution is 2.71. The standard InChI is InChI=1S/C45H74O17/c1-19-8-13-45(55-18-19)20(2)30-27(62-45)15-26-24-7-6-22-14-23(9-11-43(22,4)25(24)10-12-44(26,30)5)57-42-39(61-40-35(52)33(50)31(48)21(3)56-40)37(54)38(29(17-47)59-42)60-41-36(53)34(51)32(49)28(16-46)58-41/h19-42,46-54H,6-18H2,1-5H3/t19-,20-,21-,22+,23-,24+,25-,26-,27-,28+,29+,30-,31-,32+,33+,34-,35+,36+,37-,38-,39+,40-,41-,42+,43-,44-,45+/m0/s1. The average Bonchev–Trinajstić information content (AvgIpc) is 3.70. The summed E-state index contributed by atoms with van der Waals surface area (Å²) < 4.78 is 50.0. The second-order valence-corrected chi connectivity index (χ2v) is 21.5. The van der Waals surface area contributed by atoms with Crippen LogP contribution < -0.4 is 0 Å². The summed E-state index contributed by atoms with van der Waals surface area (Å²) in [6, 6.07) is 0. The van der Waals surface area contributed by atoms with Gasteiger partial charge in [-0.15, -0.1) is 0 Å². The third-order valence-corrected chi connectivity index (χ3v) is 18.2. The van der Waals surface area contributed by atoms with Gasteiger partial charge in [0.15, 0.2) is 24.7 Å². The Morgan fingerprint density at radius 1 is 0.581 bits per heavy atom. The first-order chi connectivity index (χ1) is 29.4. The lowest BCUT2D eigenvalue weighted by Crippen LogP contribution is -2.67. The van der Waals surface area contributed by atoms with Crippen LogP contribution in [0.25, 0.3) is 0 Å². The van der Waals surface area contributed by atoms with Gasteiger partial charge in [-0.1, -0.05) is 27.7 Å². The quantitative estimate of drug-likeness (QED) is 0.149. The van der Waals surface area contributed by atoms with Crippen LogP contribution in [0.4, 0.5) is 0 Å². The second kappa shape index (κ2) is 17.4. The summed E-state index contributed by atoms with van der Waals surface area (Å²) in [6.07, 6.45) is -12.6. The van der Waals surface area contributed by atoms with Gasteiger partial charge in [-0.2, -0.15) is 0 Å². The van der Waals surface area contributed by atoms with Crippen molar-refractivity contribution in [3.05, 3.63) is 0 Å². The first-order valence-electron chi connectivity index (χ1n) is 23.7. The van der Waals surface area contributed by atoms with Crippen molar-refractivity contribution in [1.82, 2.24) is 0 Å². The molecule has 356 valence electrons. The minimum atomic E-state index is -1.81. The van der Waals surface area contributed by atoms with E-state index in [1.807, 2.05) is 0 Å². The van der Waals surface area contributed by atoms with Crippen molar-refractivity contribution < 1.29 is 83.9 Å². The molecule has 17 nitrogen and oxygen atoms in total. The molecule has 62 heavy (non-hydrogen) atoms. The summed E-state index contributed by atoms with van der Waals surface area (Å²) in [5.41, 5.74) is 0.320. The SMILES string of the molecule is C[C@H]1CC[C@@]2(OC1)O[C@H]1C[C@H]3[C@@H]4CC[C@@H]5C[C@@H](O[C@@H]6O[C@H](CO)[C@H](O[C@@H]7O[C@H](CO)[C@@H](O)[C@H](O)[C@H]7O)[C@H](O)[C@H]6O[C@@H]6O[C@@H](C)[C@H](O)[C@@H](O)[C@H]6O)CC[C@]5(C)[C@H]4CC[C@]3(C)[C@H]1[C@@H]2C. The largest absolute Gasteiger partial charge is 0.394 e. The summed E-state index contributed by atoms with van der Waals surface area (Å²) in [6.45, 7) is 10.6. The zero-order valence-corrected chi connectivity index (χ0v) is 36.8. The van der Waals surface area contributed by atoms with E-state index in [9.17, 15) is 46.0 Å². The number of aliphatic hydroxyl groups excluding tert-OH is 9. The van der Waals surface area contributed by atoms with Crippen LogP contribution in [0, 0.1) is 52.3 Å². The predicted octanol–water partition coefficient (Wildman–Crippen LogP) is 0.294. The fourth-order valence-corrected chi connectivity index (χ4v) is 14.6. The highest BCUT2D eigenvalue weighted by Gasteiger charge is 2.69. The van der Waals surface area contributed by atoms with Gasteiger partial charge in [0.1, 0.15) is 67.1 Å². The first kappa shape index (κ1) is 46.4. The van der Waals surface area contributed by atoms with Crippen LogP contribution in [0.5, 0.6) is 0 Å². The molecule has 9 N–H and O–H groups in total. The van der Waals surface area contributed by atoms with E-state index in [0.29, 0.717) is 47.8 Å². The topological polar surface area (TPSA) is 256 Å². The number of hydrogen-bond acceptors (Lipinski definition) is 17. The molecule has 0 unspecified atom stereocenters.